The van der Waals surface area contributed by atoms with Crippen LogP contribution in [-0.4, -0.2) is 65.0 Å². The fourth-order valence-corrected chi connectivity index (χ4v) is 9.62. The largest absolute Gasteiger partial charge is 1.00 e. The van der Waals surface area contributed by atoms with Gasteiger partial charge >= 0.3 is 46.6 Å². The van der Waals surface area contributed by atoms with Crippen molar-refractivity contribution in [1.29, 1.82) is 0 Å². The SMILES string of the molecule is CC(C)(C)C.C[Si](C)(C)CCOC(=O)Oc1ccc(CCl)cc1.Cc1ccc2cc(C(C)C(=O)O)ccc2c1.Cc1ccc2cc(C(C)C(=O)OCc3ccc(OC(=O)OCC[Si](C)(C)C)cc3)ccc2c1.Cc1ccc2cc(C(C)[C-]=O)ccc2c1.[Ag+]. The van der Waals surface area contributed by atoms with Gasteiger partial charge in [-0.15, -0.1) is 17.5 Å². The molecule has 0 aliphatic heterocycles. The zero-order valence-electron chi connectivity index (χ0n) is 54.2. The number of aryl methyl sites for hydroxylation is 3. The van der Waals surface area contributed by atoms with Gasteiger partial charge in [0.1, 0.15) is 18.1 Å². The summed E-state index contributed by atoms with van der Waals surface area (Å²) < 4.78 is 25.9. The van der Waals surface area contributed by atoms with Crippen molar-refractivity contribution in [2.45, 2.75) is 151 Å². The van der Waals surface area contributed by atoms with Gasteiger partial charge in [0.25, 0.3) is 0 Å². The van der Waals surface area contributed by atoms with Gasteiger partial charge in [0.05, 0.1) is 25.0 Å². The van der Waals surface area contributed by atoms with Crippen LogP contribution in [0.15, 0.2) is 158 Å². The van der Waals surface area contributed by atoms with Crippen LogP contribution < -0.4 is 9.47 Å². The molecule has 0 spiro atoms. The molecular formula is C73H90AgClO11Si2. The Hall–Kier alpha value is -6.85. The van der Waals surface area contributed by atoms with Gasteiger partial charge in [0, 0.05) is 22.0 Å². The van der Waals surface area contributed by atoms with Gasteiger partial charge in [-0.1, -0.05) is 230 Å². The van der Waals surface area contributed by atoms with Crippen LogP contribution in [0, 0.1) is 26.2 Å². The van der Waals surface area contributed by atoms with Crippen LogP contribution >= 0.6 is 11.6 Å². The quantitative estimate of drug-likeness (QED) is 0.0232. The van der Waals surface area contributed by atoms with Crippen molar-refractivity contribution >= 4 is 90.6 Å². The Bertz CT molecular complexity index is 3530. The Balaban J connectivity index is 0.000000314. The van der Waals surface area contributed by atoms with Gasteiger partial charge in [-0.3, -0.25) is 15.9 Å². The van der Waals surface area contributed by atoms with E-state index in [-0.39, 0.29) is 46.8 Å². The van der Waals surface area contributed by atoms with E-state index < -0.39 is 40.3 Å². The number of esters is 1. The summed E-state index contributed by atoms with van der Waals surface area (Å²) in [6.45, 7) is 34.6. The third-order valence-corrected chi connectivity index (χ3v) is 17.1. The molecule has 8 aromatic carbocycles. The van der Waals surface area contributed by atoms with Crippen LogP contribution in [0.3, 0.4) is 0 Å². The Labute approximate surface area is 545 Å². The molecular weight excluding hydrogens is 1250 g/mol. The summed E-state index contributed by atoms with van der Waals surface area (Å²) in [5, 5.41) is 15.9. The maximum atomic E-state index is 12.6. The van der Waals surface area contributed by atoms with Crippen LogP contribution in [0.25, 0.3) is 32.3 Å². The molecule has 0 aliphatic carbocycles. The number of benzene rings is 8. The number of hydrogen-bond acceptors (Lipinski definition) is 10. The molecule has 0 fully saturated rings. The number of carbonyl (C=O) groups is 4. The molecule has 3 atom stereocenters. The molecule has 8 aromatic rings. The zero-order chi connectivity index (χ0) is 64.6. The second-order valence-corrected chi connectivity index (χ2v) is 37.5. The molecule has 0 aromatic heterocycles. The van der Waals surface area contributed by atoms with Gasteiger partial charge in [-0.05, 0) is 131 Å². The van der Waals surface area contributed by atoms with Crippen molar-refractivity contribution in [2.24, 2.45) is 5.41 Å². The predicted molar refractivity (Wildman–Crippen MR) is 362 cm³/mol. The first kappa shape index (κ1) is 75.4. The zero-order valence-corrected chi connectivity index (χ0v) is 58.4. The summed E-state index contributed by atoms with van der Waals surface area (Å²) in [6.07, 6.45) is 0.659. The summed E-state index contributed by atoms with van der Waals surface area (Å²) in [5.41, 5.74) is 8.77. The number of alkyl halides is 1. The van der Waals surface area contributed by atoms with Crippen LogP contribution in [0.2, 0.25) is 51.4 Å². The molecule has 8 rings (SSSR count). The standard InChI is InChI=1S/C27H32O5Si.C14H14O2.C14H13O.C13H19ClO3Si.C5H12.Ag/c1-19-6-9-24-17-22(10-11-23(24)16-19)20(2)26(28)31-18-21-7-12-25(13-8-21)32-27(29)30-14-15-33(3,4)5;1-9-3-4-13-8-11(10(2)14(15)16)5-6-12(13)7-9;1-10-3-4-14-8-12(11(2)9-15)5-6-13(14)7-10;1-18(2,3)9-8-16-13(15)17-12-6-4-11(10-14)5-7-12;1-5(2,3)4;/h6-13,16-17,20H,14-15,18H2,1-5H3;3-8,10H,1-2H3,(H,15,16);3-8,11H,1-2H3;4-7H,8-10H2,1-3H3;1-4H3;/q;;-1;;;+1. The van der Waals surface area contributed by atoms with Crippen LogP contribution in [-0.2, 0) is 63.5 Å². The molecule has 0 amide bonds. The number of halogens is 1. The number of carboxylic acid groups (broad SMARTS) is 1. The summed E-state index contributed by atoms with van der Waals surface area (Å²) in [7, 11) is -2.44. The van der Waals surface area contributed by atoms with Crippen molar-refractivity contribution in [3.63, 3.8) is 0 Å². The number of fused-ring (bicyclic) bond motifs is 3. The maximum absolute atomic E-state index is 12.6. The summed E-state index contributed by atoms with van der Waals surface area (Å²) in [4.78, 5) is 57.3. The average molecular weight is 1340 g/mol. The van der Waals surface area contributed by atoms with Crippen LogP contribution in [0.4, 0.5) is 9.59 Å². The molecule has 15 heteroatoms. The molecule has 1 N–H and O–H groups in total. The number of carboxylic acids is 1. The molecule has 0 heterocycles. The van der Waals surface area contributed by atoms with Gasteiger partial charge in [0.15, 0.2) is 0 Å². The first-order valence-electron chi connectivity index (χ1n) is 29.5. The average Bonchev–Trinajstić information content (AvgIpc) is 3.45. The van der Waals surface area contributed by atoms with Crippen molar-refractivity contribution in [2.75, 3.05) is 13.2 Å². The number of ether oxygens (including phenoxy) is 5. The maximum Gasteiger partial charge on any atom is 1.00 e. The third-order valence-electron chi connectivity index (χ3n) is 13.4. The van der Waals surface area contributed by atoms with E-state index in [0.29, 0.717) is 36.0 Å². The van der Waals surface area contributed by atoms with Gasteiger partial charge in [-0.25, -0.2) is 9.59 Å². The van der Waals surface area contributed by atoms with Crippen LogP contribution in [0.5, 0.6) is 11.5 Å². The van der Waals surface area contributed by atoms with Crippen LogP contribution in [0.1, 0.15) is 111 Å². The number of aliphatic carboxylic acids is 1. The summed E-state index contributed by atoms with van der Waals surface area (Å²) in [5.74, 6) is -0.726. The molecule has 0 radical (unpaired) electrons. The number of hydrogen-bond donors (Lipinski definition) is 1. The van der Waals surface area contributed by atoms with Crippen molar-refractivity contribution in [1.82, 2.24) is 0 Å². The monoisotopic (exact) mass is 1340 g/mol. The van der Waals surface area contributed by atoms with E-state index in [1.165, 1.54) is 27.5 Å². The molecule has 11 nitrogen and oxygen atoms in total. The Morgan fingerprint density at radius 1 is 0.489 bits per heavy atom. The van der Waals surface area contributed by atoms with E-state index >= 15 is 0 Å². The van der Waals surface area contributed by atoms with Crippen molar-refractivity contribution in [3.05, 3.63) is 202 Å². The smallest absolute Gasteiger partial charge is 0.541 e. The molecule has 0 bridgehead atoms. The first-order valence-corrected chi connectivity index (χ1v) is 37.5. The van der Waals surface area contributed by atoms with Gasteiger partial charge in [-0.2, -0.15) is 0 Å². The number of rotatable bonds is 17. The van der Waals surface area contributed by atoms with E-state index in [1.807, 2.05) is 93.8 Å². The second kappa shape index (κ2) is 36.0. The molecule has 0 aliphatic rings. The topological polar surface area (TPSA) is 152 Å². The van der Waals surface area contributed by atoms with E-state index in [0.717, 1.165) is 61.5 Å². The third kappa shape index (κ3) is 28.5. The van der Waals surface area contributed by atoms with E-state index in [2.05, 4.69) is 135 Å². The fourth-order valence-electron chi connectivity index (χ4n) is 8.02. The van der Waals surface area contributed by atoms with E-state index in [9.17, 15) is 24.0 Å². The minimum atomic E-state index is -1.26. The molecule has 3 unspecified atom stereocenters. The summed E-state index contributed by atoms with van der Waals surface area (Å²) >= 11 is 5.67. The first-order chi connectivity index (χ1) is 40.8. The van der Waals surface area contributed by atoms with E-state index in [1.54, 1.807) is 43.3 Å². The Morgan fingerprint density at radius 3 is 1.17 bits per heavy atom. The predicted octanol–water partition coefficient (Wildman–Crippen LogP) is 19.9. The fraction of sp³-hybridized carbons (Fsp3) is 0.356. The molecule has 474 valence electrons. The van der Waals surface area contributed by atoms with E-state index in [4.69, 9.17) is 40.4 Å². The Kier molecular flexibility index (Phi) is 30.8. The molecule has 88 heavy (non-hydrogen) atoms. The minimum absolute atomic E-state index is 0. The van der Waals surface area contributed by atoms with Gasteiger partial charge < -0.3 is 33.6 Å². The van der Waals surface area contributed by atoms with Crippen molar-refractivity contribution < 1.29 is 75.1 Å². The summed E-state index contributed by atoms with van der Waals surface area (Å²) in [6, 6.07) is 52.5. The normalized spacial score (nSPS) is 12.0. The molecule has 0 saturated heterocycles. The Morgan fingerprint density at radius 2 is 0.818 bits per heavy atom. The number of carbonyl (C=O) groups excluding carboxylic acids is 4. The van der Waals surface area contributed by atoms with Gasteiger partial charge in [0.2, 0.25) is 0 Å². The minimum Gasteiger partial charge on any atom is -0.541 e. The van der Waals surface area contributed by atoms with Crippen molar-refractivity contribution in [3.8, 4) is 11.5 Å². The second-order valence-electron chi connectivity index (χ2n) is 26.0. The molecule has 0 saturated carbocycles.